The van der Waals surface area contributed by atoms with Gasteiger partial charge in [-0.1, -0.05) is 0 Å². The maximum atomic E-state index is 11.3. The van der Waals surface area contributed by atoms with Gasteiger partial charge in [-0.05, 0) is 22.0 Å². The third kappa shape index (κ3) is 3.85. The number of pyridine rings is 1. The van der Waals surface area contributed by atoms with Crippen LogP contribution in [-0.2, 0) is 16.1 Å². The number of rotatable bonds is 4. The van der Waals surface area contributed by atoms with E-state index in [4.69, 9.17) is 5.11 Å². The third-order valence-corrected chi connectivity index (χ3v) is 2.17. The largest absolute Gasteiger partial charge is 0.480 e. The molecule has 0 bridgehead atoms. The number of carbonyl (C=O) groups excluding carboxylic acids is 1. The zero-order valence-electron chi connectivity index (χ0n) is 8.14. The number of aliphatic carboxylic acids is 1. The lowest BCUT2D eigenvalue weighted by Crippen LogP contribution is -2.34. The second kappa shape index (κ2) is 5.45. The lowest BCUT2D eigenvalue weighted by molar-refractivity contribution is -0.138. The number of carboxylic acids is 1. The van der Waals surface area contributed by atoms with E-state index in [-0.39, 0.29) is 12.1 Å². The highest BCUT2D eigenvalue weighted by Gasteiger charge is 2.06. The summed E-state index contributed by atoms with van der Waals surface area (Å²) in [4.78, 5) is 32.7. The Labute approximate surface area is 99.0 Å². The van der Waals surface area contributed by atoms with Crippen molar-refractivity contribution in [3.8, 4) is 0 Å². The number of hydrogen-bond donors (Lipinski definition) is 2. The fourth-order valence-corrected chi connectivity index (χ4v) is 1.39. The fourth-order valence-electron chi connectivity index (χ4n) is 1.01. The van der Waals surface area contributed by atoms with Crippen molar-refractivity contribution in [2.24, 2.45) is 0 Å². The van der Waals surface area contributed by atoms with Crippen LogP contribution in [0.1, 0.15) is 0 Å². The van der Waals surface area contributed by atoms with E-state index in [2.05, 4.69) is 21.2 Å². The molecule has 1 amide bonds. The zero-order valence-corrected chi connectivity index (χ0v) is 9.73. The average molecular weight is 289 g/mol. The van der Waals surface area contributed by atoms with Gasteiger partial charge in [-0.15, -0.1) is 0 Å². The predicted molar refractivity (Wildman–Crippen MR) is 59.0 cm³/mol. The van der Waals surface area contributed by atoms with Gasteiger partial charge in [0, 0.05) is 16.7 Å². The van der Waals surface area contributed by atoms with Crippen LogP contribution in [0.2, 0.25) is 0 Å². The quantitative estimate of drug-likeness (QED) is 0.804. The predicted octanol–water partition coefficient (Wildman–Crippen LogP) is -0.188. The number of hydrogen-bond acceptors (Lipinski definition) is 3. The molecule has 0 spiro atoms. The van der Waals surface area contributed by atoms with Gasteiger partial charge in [-0.2, -0.15) is 0 Å². The molecule has 86 valence electrons. The molecule has 0 aromatic carbocycles. The molecule has 2 N–H and O–H groups in total. The molecule has 0 aliphatic rings. The highest BCUT2D eigenvalue weighted by Crippen LogP contribution is 2.04. The number of nitrogens with zero attached hydrogens (tertiary/aromatic N) is 1. The van der Waals surface area contributed by atoms with Gasteiger partial charge in [0.15, 0.2) is 0 Å². The standard InChI is InChI=1S/C9H9BrN2O4/c10-6-1-2-8(14)12(4-6)5-7(13)11-3-9(15)16/h1-2,4H,3,5H2,(H,11,13)(H,15,16). The first-order chi connectivity index (χ1) is 7.49. The maximum absolute atomic E-state index is 11.3. The van der Waals surface area contributed by atoms with E-state index in [1.807, 2.05) is 0 Å². The Bertz CT molecular complexity index is 469. The molecule has 0 atom stereocenters. The van der Waals surface area contributed by atoms with Gasteiger partial charge >= 0.3 is 5.97 Å². The summed E-state index contributed by atoms with van der Waals surface area (Å²) < 4.78 is 1.85. The van der Waals surface area contributed by atoms with Crippen molar-refractivity contribution in [3.05, 3.63) is 33.2 Å². The maximum Gasteiger partial charge on any atom is 0.322 e. The van der Waals surface area contributed by atoms with Gasteiger partial charge in [0.2, 0.25) is 5.91 Å². The molecule has 0 aliphatic heterocycles. The molecule has 0 unspecified atom stereocenters. The van der Waals surface area contributed by atoms with E-state index in [1.165, 1.54) is 16.8 Å². The van der Waals surface area contributed by atoms with Gasteiger partial charge < -0.3 is 15.0 Å². The third-order valence-electron chi connectivity index (χ3n) is 1.70. The summed E-state index contributed by atoms with van der Waals surface area (Å²) in [7, 11) is 0. The first-order valence-corrected chi connectivity index (χ1v) is 5.13. The molecular formula is C9H9BrN2O4. The molecule has 0 radical (unpaired) electrons. The minimum absolute atomic E-state index is 0.203. The molecule has 1 heterocycles. The van der Waals surface area contributed by atoms with Crippen LogP contribution < -0.4 is 10.9 Å². The summed E-state index contributed by atoms with van der Waals surface area (Å²) >= 11 is 3.16. The van der Waals surface area contributed by atoms with E-state index < -0.39 is 18.4 Å². The molecular weight excluding hydrogens is 280 g/mol. The Morgan fingerprint density at radius 3 is 2.75 bits per heavy atom. The summed E-state index contributed by atoms with van der Waals surface area (Å²) in [6, 6.07) is 2.88. The topological polar surface area (TPSA) is 88.4 Å². The monoisotopic (exact) mass is 288 g/mol. The normalized spacial score (nSPS) is 9.81. The summed E-state index contributed by atoms with van der Waals surface area (Å²) in [5.41, 5.74) is -0.325. The first-order valence-electron chi connectivity index (χ1n) is 4.33. The molecule has 7 heteroatoms. The van der Waals surface area contributed by atoms with Crippen molar-refractivity contribution in [2.45, 2.75) is 6.54 Å². The number of halogens is 1. The van der Waals surface area contributed by atoms with Crippen LogP contribution >= 0.6 is 15.9 Å². The van der Waals surface area contributed by atoms with Crippen LogP contribution in [0.25, 0.3) is 0 Å². The average Bonchev–Trinajstić information content (AvgIpc) is 2.20. The number of carbonyl (C=O) groups is 2. The van der Waals surface area contributed by atoms with E-state index in [0.29, 0.717) is 4.47 Å². The summed E-state index contributed by atoms with van der Waals surface area (Å²) in [5, 5.41) is 10.5. The molecule has 0 saturated heterocycles. The van der Waals surface area contributed by atoms with Crippen molar-refractivity contribution >= 4 is 27.8 Å². The van der Waals surface area contributed by atoms with Crippen molar-refractivity contribution < 1.29 is 14.7 Å². The molecule has 1 rings (SSSR count). The minimum atomic E-state index is -1.13. The zero-order chi connectivity index (χ0) is 12.1. The molecule has 16 heavy (non-hydrogen) atoms. The summed E-state index contributed by atoms with van der Waals surface area (Å²) in [6.07, 6.45) is 1.46. The van der Waals surface area contributed by atoms with Gasteiger partial charge in [-0.25, -0.2) is 0 Å². The summed E-state index contributed by atoms with van der Waals surface area (Å²) in [6.45, 7) is -0.660. The highest BCUT2D eigenvalue weighted by molar-refractivity contribution is 9.10. The van der Waals surface area contributed by atoms with Gasteiger partial charge in [-0.3, -0.25) is 14.4 Å². The van der Waals surface area contributed by atoms with Crippen LogP contribution in [0.15, 0.2) is 27.6 Å². The SMILES string of the molecule is O=C(O)CNC(=O)Cn1cc(Br)ccc1=O. The number of nitrogens with one attached hydrogen (secondary N) is 1. The molecule has 0 saturated carbocycles. The van der Waals surface area contributed by atoms with E-state index >= 15 is 0 Å². The number of carboxylic acid groups (broad SMARTS) is 1. The van der Waals surface area contributed by atoms with Crippen LogP contribution in [0.5, 0.6) is 0 Å². The molecule has 6 nitrogen and oxygen atoms in total. The Kier molecular flexibility index (Phi) is 4.24. The smallest absolute Gasteiger partial charge is 0.322 e. The molecule has 0 aliphatic carbocycles. The van der Waals surface area contributed by atoms with Gasteiger partial charge in [0.25, 0.3) is 5.56 Å². The van der Waals surface area contributed by atoms with Crippen LogP contribution in [0, 0.1) is 0 Å². The Balaban J connectivity index is 2.66. The van der Waals surface area contributed by atoms with Crippen molar-refractivity contribution in [1.29, 1.82) is 0 Å². The number of amides is 1. The first kappa shape index (κ1) is 12.4. The van der Waals surface area contributed by atoms with Crippen LogP contribution in [0.4, 0.5) is 0 Å². The van der Waals surface area contributed by atoms with Crippen molar-refractivity contribution in [1.82, 2.24) is 9.88 Å². The van der Waals surface area contributed by atoms with Crippen LogP contribution in [-0.4, -0.2) is 28.1 Å². The van der Waals surface area contributed by atoms with E-state index in [9.17, 15) is 14.4 Å². The van der Waals surface area contributed by atoms with Crippen LogP contribution in [0.3, 0.4) is 0 Å². The van der Waals surface area contributed by atoms with Gasteiger partial charge in [0.1, 0.15) is 13.1 Å². The van der Waals surface area contributed by atoms with Gasteiger partial charge in [0.05, 0.1) is 0 Å². The molecule has 0 fully saturated rings. The Morgan fingerprint density at radius 1 is 1.44 bits per heavy atom. The number of aromatic nitrogens is 1. The second-order valence-corrected chi connectivity index (χ2v) is 3.90. The van der Waals surface area contributed by atoms with E-state index in [1.54, 1.807) is 6.07 Å². The Hall–Kier alpha value is -1.63. The second-order valence-electron chi connectivity index (χ2n) is 2.98. The lowest BCUT2D eigenvalue weighted by atomic mass is 10.4. The van der Waals surface area contributed by atoms with E-state index in [0.717, 1.165) is 0 Å². The fraction of sp³-hybridized carbons (Fsp3) is 0.222. The van der Waals surface area contributed by atoms with Crippen molar-refractivity contribution in [2.75, 3.05) is 6.54 Å². The minimum Gasteiger partial charge on any atom is -0.480 e. The lowest BCUT2D eigenvalue weighted by Gasteiger charge is -2.05. The van der Waals surface area contributed by atoms with Crippen molar-refractivity contribution in [3.63, 3.8) is 0 Å². The summed E-state index contributed by atoms with van der Waals surface area (Å²) in [5.74, 6) is -1.66. The highest BCUT2D eigenvalue weighted by atomic mass is 79.9. The Morgan fingerprint density at radius 2 is 2.12 bits per heavy atom. The molecule has 1 aromatic heterocycles. The molecule has 1 aromatic rings.